The summed E-state index contributed by atoms with van der Waals surface area (Å²) in [4.78, 5) is 23.3. The standard InChI is InChI=1S/C23H25NO5S/c1-13(18-6-8-19(9-7-18)24-17(5)26)16(4)30(27,28)20-10-11-22-21(12-20)23(14(2)25)15(3)29-22/h6-13,16H,1-5H3,(H,24,26)/t13-,16?/m0/s1. The van der Waals surface area contributed by atoms with Crippen LogP contribution in [0.5, 0.6) is 0 Å². The van der Waals surface area contributed by atoms with Gasteiger partial charge in [0.05, 0.1) is 15.7 Å². The van der Waals surface area contributed by atoms with E-state index in [1.54, 1.807) is 32.0 Å². The van der Waals surface area contributed by atoms with Crippen molar-refractivity contribution in [3.05, 3.63) is 59.4 Å². The number of rotatable bonds is 6. The Kier molecular flexibility index (Phi) is 5.85. The molecule has 0 aliphatic heterocycles. The Morgan fingerprint density at radius 1 is 1.00 bits per heavy atom. The Labute approximate surface area is 176 Å². The van der Waals surface area contributed by atoms with Crippen LogP contribution in [0.25, 0.3) is 11.0 Å². The van der Waals surface area contributed by atoms with Crippen molar-refractivity contribution in [1.82, 2.24) is 0 Å². The Morgan fingerprint density at radius 2 is 1.63 bits per heavy atom. The minimum absolute atomic E-state index is 0.160. The van der Waals surface area contributed by atoms with Gasteiger partial charge in [-0.1, -0.05) is 19.1 Å². The van der Waals surface area contributed by atoms with Crippen LogP contribution in [0.1, 0.15) is 55.3 Å². The van der Waals surface area contributed by atoms with Crippen LogP contribution in [-0.4, -0.2) is 25.4 Å². The number of benzene rings is 2. The molecule has 7 heteroatoms. The molecule has 0 radical (unpaired) electrons. The third kappa shape index (κ3) is 4.03. The number of hydrogen-bond acceptors (Lipinski definition) is 5. The van der Waals surface area contributed by atoms with Gasteiger partial charge in [-0.2, -0.15) is 0 Å². The predicted molar refractivity (Wildman–Crippen MR) is 117 cm³/mol. The average Bonchev–Trinajstić information content (AvgIpc) is 3.02. The SMILES string of the molecule is CC(=O)Nc1ccc([C@@H](C)C(C)S(=O)(=O)c2ccc3oc(C)c(C(C)=O)c3c2)cc1. The van der Waals surface area contributed by atoms with Gasteiger partial charge < -0.3 is 9.73 Å². The quantitative estimate of drug-likeness (QED) is 0.567. The zero-order valence-electron chi connectivity index (χ0n) is 17.6. The molecule has 1 aromatic heterocycles. The smallest absolute Gasteiger partial charge is 0.221 e. The number of carbonyl (C=O) groups excluding carboxylic acids is 2. The largest absolute Gasteiger partial charge is 0.461 e. The maximum atomic E-state index is 13.3. The van der Waals surface area contributed by atoms with Crippen molar-refractivity contribution in [3.63, 3.8) is 0 Å². The zero-order chi connectivity index (χ0) is 22.2. The van der Waals surface area contributed by atoms with Gasteiger partial charge in [0.25, 0.3) is 0 Å². The molecule has 1 heterocycles. The Morgan fingerprint density at radius 3 is 2.20 bits per heavy atom. The van der Waals surface area contributed by atoms with Crippen molar-refractivity contribution in [3.8, 4) is 0 Å². The van der Waals surface area contributed by atoms with Crippen molar-refractivity contribution in [1.29, 1.82) is 0 Å². The first-order chi connectivity index (χ1) is 14.0. The molecule has 0 bridgehead atoms. The molecule has 0 saturated heterocycles. The second-order valence-electron chi connectivity index (χ2n) is 7.59. The number of furan rings is 1. The predicted octanol–water partition coefficient (Wildman–Crippen LogP) is 4.87. The van der Waals surface area contributed by atoms with E-state index in [0.717, 1.165) is 5.56 Å². The van der Waals surface area contributed by atoms with E-state index in [1.165, 1.54) is 26.0 Å². The number of anilines is 1. The van der Waals surface area contributed by atoms with E-state index in [-0.39, 0.29) is 22.5 Å². The van der Waals surface area contributed by atoms with Crippen LogP contribution in [0.3, 0.4) is 0 Å². The summed E-state index contributed by atoms with van der Waals surface area (Å²) in [6.45, 7) is 8.10. The minimum atomic E-state index is -3.66. The van der Waals surface area contributed by atoms with Gasteiger partial charge in [-0.25, -0.2) is 8.42 Å². The van der Waals surface area contributed by atoms with E-state index in [9.17, 15) is 18.0 Å². The average molecular weight is 428 g/mol. The van der Waals surface area contributed by atoms with Crippen molar-refractivity contribution in [2.45, 2.75) is 50.7 Å². The maximum absolute atomic E-state index is 13.3. The fourth-order valence-electron chi connectivity index (χ4n) is 3.64. The Hall–Kier alpha value is -2.93. The van der Waals surface area contributed by atoms with Gasteiger partial charge in [0.2, 0.25) is 5.91 Å². The highest BCUT2D eigenvalue weighted by Crippen LogP contribution is 2.33. The van der Waals surface area contributed by atoms with Gasteiger partial charge in [-0.3, -0.25) is 9.59 Å². The lowest BCUT2D eigenvalue weighted by Crippen LogP contribution is -2.24. The van der Waals surface area contributed by atoms with Crippen LogP contribution in [0.15, 0.2) is 51.8 Å². The first-order valence-corrected chi connectivity index (χ1v) is 11.2. The summed E-state index contributed by atoms with van der Waals surface area (Å²) in [7, 11) is -3.66. The summed E-state index contributed by atoms with van der Waals surface area (Å²) >= 11 is 0. The number of nitrogens with one attached hydrogen (secondary N) is 1. The summed E-state index contributed by atoms with van der Waals surface area (Å²) < 4.78 is 32.2. The molecule has 0 aliphatic carbocycles. The number of hydrogen-bond donors (Lipinski definition) is 1. The highest BCUT2D eigenvalue weighted by atomic mass is 32.2. The summed E-state index contributed by atoms with van der Waals surface area (Å²) in [5.74, 6) is -0.133. The van der Waals surface area contributed by atoms with Gasteiger partial charge in [0.1, 0.15) is 11.3 Å². The molecule has 0 spiro atoms. The fourth-order valence-corrected chi connectivity index (χ4v) is 5.31. The molecule has 2 aromatic carbocycles. The van der Waals surface area contributed by atoms with E-state index in [2.05, 4.69) is 5.32 Å². The molecule has 1 amide bonds. The molecule has 3 rings (SSSR count). The summed E-state index contributed by atoms with van der Waals surface area (Å²) in [6.07, 6.45) is 0. The molecule has 1 N–H and O–H groups in total. The first kappa shape index (κ1) is 21.8. The van der Waals surface area contributed by atoms with Gasteiger partial charge in [-0.15, -0.1) is 0 Å². The van der Waals surface area contributed by atoms with Crippen LogP contribution >= 0.6 is 0 Å². The van der Waals surface area contributed by atoms with E-state index >= 15 is 0 Å². The second kappa shape index (κ2) is 8.07. The number of carbonyl (C=O) groups is 2. The molecule has 6 nitrogen and oxygen atoms in total. The summed E-state index contributed by atoms with van der Waals surface area (Å²) in [5.41, 5.74) is 2.42. The lowest BCUT2D eigenvalue weighted by atomic mass is 9.98. The minimum Gasteiger partial charge on any atom is -0.461 e. The van der Waals surface area contributed by atoms with E-state index < -0.39 is 15.1 Å². The van der Waals surface area contributed by atoms with Crippen LogP contribution in [0.2, 0.25) is 0 Å². The highest BCUT2D eigenvalue weighted by molar-refractivity contribution is 7.92. The number of ketones is 1. The molecule has 158 valence electrons. The van der Waals surface area contributed by atoms with Gasteiger partial charge in [-0.05, 0) is 62.6 Å². The number of amides is 1. The first-order valence-electron chi connectivity index (χ1n) is 9.68. The monoisotopic (exact) mass is 427 g/mol. The van der Waals surface area contributed by atoms with Crippen LogP contribution in [0, 0.1) is 6.92 Å². The Bertz CT molecular complexity index is 1220. The number of Topliss-reactive ketones (excluding diaryl/α,β-unsaturated/α-hetero) is 1. The molecular weight excluding hydrogens is 402 g/mol. The number of fused-ring (bicyclic) bond motifs is 1. The number of aryl methyl sites for hydroxylation is 1. The van der Waals surface area contributed by atoms with Crippen LogP contribution < -0.4 is 5.32 Å². The van der Waals surface area contributed by atoms with E-state index in [1.807, 2.05) is 19.1 Å². The van der Waals surface area contributed by atoms with Crippen molar-refractivity contribution < 1.29 is 22.4 Å². The molecule has 3 aromatic rings. The van der Waals surface area contributed by atoms with Gasteiger partial charge >= 0.3 is 0 Å². The lowest BCUT2D eigenvalue weighted by Gasteiger charge is -2.21. The lowest BCUT2D eigenvalue weighted by molar-refractivity contribution is -0.114. The third-order valence-corrected chi connectivity index (χ3v) is 7.76. The van der Waals surface area contributed by atoms with Crippen molar-refractivity contribution in [2.75, 3.05) is 5.32 Å². The number of sulfone groups is 1. The topological polar surface area (TPSA) is 93.4 Å². The molecule has 2 atom stereocenters. The molecule has 0 saturated carbocycles. The third-order valence-electron chi connectivity index (χ3n) is 5.47. The van der Waals surface area contributed by atoms with Crippen LogP contribution in [-0.2, 0) is 14.6 Å². The van der Waals surface area contributed by atoms with E-state index in [4.69, 9.17) is 4.42 Å². The second-order valence-corrected chi connectivity index (χ2v) is 9.89. The van der Waals surface area contributed by atoms with E-state index in [0.29, 0.717) is 28.0 Å². The molecular formula is C23H25NO5S. The molecule has 1 unspecified atom stereocenters. The normalized spacial score (nSPS) is 13.8. The molecule has 30 heavy (non-hydrogen) atoms. The Balaban J connectivity index is 1.95. The van der Waals surface area contributed by atoms with Crippen molar-refractivity contribution >= 4 is 38.2 Å². The van der Waals surface area contributed by atoms with Crippen molar-refractivity contribution in [2.24, 2.45) is 0 Å². The van der Waals surface area contributed by atoms with Crippen LogP contribution in [0.4, 0.5) is 5.69 Å². The van der Waals surface area contributed by atoms with Gasteiger partial charge in [0.15, 0.2) is 15.6 Å². The maximum Gasteiger partial charge on any atom is 0.221 e. The summed E-state index contributed by atoms with van der Waals surface area (Å²) in [5, 5.41) is 2.51. The molecule has 0 fully saturated rings. The van der Waals surface area contributed by atoms with Gasteiger partial charge in [0, 0.05) is 18.0 Å². The fraction of sp³-hybridized carbons (Fsp3) is 0.304. The summed E-state index contributed by atoms with van der Waals surface area (Å²) in [6, 6.07) is 11.8. The molecule has 0 aliphatic rings. The highest BCUT2D eigenvalue weighted by Gasteiger charge is 2.30. The zero-order valence-corrected chi connectivity index (χ0v) is 18.5.